The Bertz CT molecular complexity index is 1070. The van der Waals surface area contributed by atoms with Crippen LogP contribution in [0.4, 0.5) is 0 Å². The van der Waals surface area contributed by atoms with Gasteiger partial charge in [-0.2, -0.15) is 0 Å². The monoisotopic (exact) mass is 414 g/mol. The summed E-state index contributed by atoms with van der Waals surface area (Å²) < 4.78 is 6.66. The quantitative estimate of drug-likeness (QED) is 0.467. The van der Waals surface area contributed by atoms with E-state index in [1.54, 1.807) is 18.2 Å². The first-order valence-corrected chi connectivity index (χ1v) is 11.2. The summed E-state index contributed by atoms with van der Waals surface area (Å²) in [5, 5.41) is 9.38. The number of rotatable bonds is 7. The number of hydrogen-bond acceptors (Lipinski definition) is 2. The molecule has 1 atom stereocenters. The molecule has 0 unspecified atom stereocenters. The van der Waals surface area contributed by atoms with Crippen LogP contribution in [0.1, 0.15) is 60.2 Å². The van der Waals surface area contributed by atoms with Crippen molar-refractivity contribution in [2.45, 2.75) is 58.0 Å². The van der Waals surface area contributed by atoms with Crippen LogP contribution in [-0.2, 0) is 19.3 Å². The Kier molecular flexibility index (Phi) is 6.13. The Balaban J connectivity index is 1.59. The van der Waals surface area contributed by atoms with Gasteiger partial charge >= 0.3 is 5.97 Å². The third kappa shape index (κ3) is 4.82. The predicted octanol–water partition coefficient (Wildman–Crippen LogP) is 6.72. The number of carbonyl (C=O) groups is 1. The molecule has 3 aromatic carbocycles. The highest BCUT2D eigenvalue weighted by molar-refractivity contribution is 5.90. The van der Waals surface area contributed by atoms with Crippen molar-refractivity contribution in [3.63, 3.8) is 0 Å². The first-order valence-electron chi connectivity index (χ1n) is 11.2. The fraction of sp³-hybridized carbons (Fsp3) is 0.321. The molecule has 31 heavy (non-hydrogen) atoms. The third-order valence-electron chi connectivity index (χ3n) is 6.21. The SMILES string of the molecule is CCCCc1ccc(C[C@@]2(C)CCc3cccc(-c4cccc(C(=O)O)c4)c3O2)cc1. The largest absolute Gasteiger partial charge is 0.486 e. The molecule has 1 aliphatic rings. The topological polar surface area (TPSA) is 46.5 Å². The van der Waals surface area contributed by atoms with Crippen LogP contribution in [0.5, 0.6) is 5.75 Å². The molecule has 1 N–H and O–H groups in total. The average Bonchev–Trinajstić information content (AvgIpc) is 2.78. The Morgan fingerprint density at radius 2 is 1.77 bits per heavy atom. The van der Waals surface area contributed by atoms with Gasteiger partial charge in [-0.1, -0.05) is 67.9 Å². The standard InChI is InChI=1S/C28H30O3/c1-3-4-7-20-12-14-21(15-13-20)19-28(2)17-16-22-8-6-11-25(26(22)31-28)23-9-5-10-24(18-23)27(29)30/h5-6,8-15,18H,3-4,7,16-17,19H2,1-2H3,(H,29,30)/t28-/m1/s1. The van der Waals surface area contributed by atoms with Crippen LogP contribution >= 0.6 is 0 Å². The minimum atomic E-state index is -0.917. The van der Waals surface area contributed by atoms with Crippen molar-refractivity contribution < 1.29 is 14.6 Å². The van der Waals surface area contributed by atoms with E-state index in [0.29, 0.717) is 0 Å². The molecular weight excluding hydrogens is 384 g/mol. The molecule has 0 amide bonds. The van der Waals surface area contributed by atoms with Crippen LogP contribution in [-0.4, -0.2) is 16.7 Å². The van der Waals surface area contributed by atoms with Gasteiger partial charge in [-0.3, -0.25) is 0 Å². The number of aryl methyl sites for hydroxylation is 2. The molecule has 0 spiro atoms. The molecule has 3 nitrogen and oxygen atoms in total. The van der Waals surface area contributed by atoms with E-state index in [0.717, 1.165) is 42.6 Å². The van der Waals surface area contributed by atoms with Crippen LogP contribution in [0.2, 0.25) is 0 Å². The van der Waals surface area contributed by atoms with E-state index in [9.17, 15) is 9.90 Å². The van der Waals surface area contributed by atoms with E-state index in [1.807, 2.05) is 18.2 Å². The van der Waals surface area contributed by atoms with Crippen LogP contribution in [0, 0.1) is 0 Å². The molecule has 0 fully saturated rings. The van der Waals surface area contributed by atoms with Gasteiger partial charge in [0, 0.05) is 12.0 Å². The zero-order valence-electron chi connectivity index (χ0n) is 18.4. The van der Waals surface area contributed by atoms with E-state index < -0.39 is 5.97 Å². The molecule has 0 bridgehead atoms. The Morgan fingerprint density at radius 1 is 1.03 bits per heavy atom. The van der Waals surface area contributed by atoms with Crippen LogP contribution in [0.3, 0.4) is 0 Å². The number of para-hydroxylation sites is 1. The summed E-state index contributed by atoms with van der Waals surface area (Å²) in [4.78, 5) is 11.4. The van der Waals surface area contributed by atoms with Crippen molar-refractivity contribution in [2.24, 2.45) is 0 Å². The summed E-state index contributed by atoms with van der Waals surface area (Å²) in [7, 11) is 0. The maximum atomic E-state index is 11.4. The minimum absolute atomic E-state index is 0.289. The lowest BCUT2D eigenvalue weighted by Crippen LogP contribution is -2.38. The minimum Gasteiger partial charge on any atom is -0.486 e. The molecule has 0 saturated carbocycles. The summed E-state index contributed by atoms with van der Waals surface area (Å²) in [5.41, 5.74) is 5.70. The van der Waals surface area contributed by atoms with E-state index in [1.165, 1.54) is 29.5 Å². The van der Waals surface area contributed by atoms with Crippen molar-refractivity contribution in [3.8, 4) is 16.9 Å². The summed E-state index contributed by atoms with van der Waals surface area (Å²) >= 11 is 0. The predicted molar refractivity (Wildman–Crippen MR) is 125 cm³/mol. The van der Waals surface area contributed by atoms with Crippen molar-refractivity contribution >= 4 is 5.97 Å². The van der Waals surface area contributed by atoms with E-state index >= 15 is 0 Å². The molecular formula is C28H30O3. The molecule has 0 aromatic heterocycles. The molecule has 3 aromatic rings. The maximum absolute atomic E-state index is 11.4. The Morgan fingerprint density at radius 3 is 2.52 bits per heavy atom. The summed E-state index contributed by atoms with van der Waals surface area (Å²) in [6.07, 6.45) is 6.33. The molecule has 0 saturated heterocycles. The zero-order valence-corrected chi connectivity index (χ0v) is 18.4. The Labute approximate surface area is 184 Å². The lowest BCUT2D eigenvalue weighted by atomic mass is 9.85. The van der Waals surface area contributed by atoms with Crippen molar-refractivity contribution in [3.05, 3.63) is 89.0 Å². The normalized spacial score (nSPS) is 17.6. The fourth-order valence-corrected chi connectivity index (χ4v) is 4.41. The first-order chi connectivity index (χ1) is 15.0. The van der Waals surface area contributed by atoms with Crippen LogP contribution in [0.25, 0.3) is 11.1 Å². The van der Waals surface area contributed by atoms with Crippen molar-refractivity contribution in [2.75, 3.05) is 0 Å². The van der Waals surface area contributed by atoms with Gasteiger partial charge in [0.05, 0.1) is 5.56 Å². The van der Waals surface area contributed by atoms with Gasteiger partial charge in [-0.15, -0.1) is 0 Å². The maximum Gasteiger partial charge on any atom is 0.335 e. The molecule has 0 radical (unpaired) electrons. The Hall–Kier alpha value is -3.07. The lowest BCUT2D eigenvalue weighted by Gasteiger charge is -2.37. The fourth-order valence-electron chi connectivity index (χ4n) is 4.41. The third-order valence-corrected chi connectivity index (χ3v) is 6.21. The summed E-state index contributed by atoms with van der Waals surface area (Å²) in [5.74, 6) is -0.0295. The number of hydrogen-bond donors (Lipinski definition) is 1. The molecule has 1 heterocycles. The van der Waals surface area contributed by atoms with E-state index in [4.69, 9.17) is 4.74 Å². The number of benzene rings is 3. The van der Waals surface area contributed by atoms with Gasteiger partial charge in [0.25, 0.3) is 0 Å². The average molecular weight is 415 g/mol. The van der Waals surface area contributed by atoms with Crippen LogP contribution in [0.15, 0.2) is 66.7 Å². The number of fused-ring (bicyclic) bond motifs is 1. The summed E-state index contributed by atoms with van der Waals surface area (Å²) in [6.45, 7) is 4.41. The second-order valence-corrected chi connectivity index (χ2v) is 8.83. The first kappa shape index (κ1) is 21.2. The van der Waals surface area contributed by atoms with Crippen LogP contribution < -0.4 is 4.74 Å². The van der Waals surface area contributed by atoms with Crippen molar-refractivity contribution in [1.82, 2.24) is 0 Å². The van der Waals surface area contributed by atoms with Gasteiger partial charge in [0.1, 0.15) is 11.4 Å². The van der Waals surface area contributed by atoms with Gasteiger partial charge in [0.2, 0.25) is 0 Å². The number of ether oxygens (including phenoxy) is 1. The zero-order chi connectivity index (χ0) is 21.8. The number of unbranched alkanes of at least 4 members (excludes halogenated alkanes) is 1. The highest BCUT2D eigenvalue weighted by atomic mass is 16.5. The molecule has 160 valence electrons. The number of carboxylic acid groups (broad SMARTS) is 1. The lowest BCUT2D eigenvalue weighted by molar-refractivity contribution is 0.0660. The molecule has 3 heteroatoms. The highest BCUT2D eigenvalue weighted by Gasteiger charge is 2.33. The highest BCUT2D eigenvalue weighted by Crippen LogP contribution is 2.42. The van der Waals surface area contributed by atoms with Crippen molar-refractivity contribution in [1.29, 1.82) is 0 Å². The van der Waals surface area contributed by atoms with Gasteiger partial charge in [-0.05, 0) is 67.0 Å². The molecule has 4 rings (SSSR count). The number of carboxylic acids is 1. The van der Waals surface area contributed by atoms with E-state index in [-0.39, 0.29) is 11.2 Å². The summed E-state index contributed by atoms with van der Waals surface area (Å²) in [6, 6.07) is 22.2. The molecule has 1 aliphatic heterocycles. The van der Waals surface area contributed by atoms with Gasteiger partial charge < -0.3 is 9.84 Å². The van der Waals surface area contributed by atoms with Gasteiger partial charge in [0.15, 0.2) is 0 Å². The molecule has 0 aliphatic carbocycles. The second-order valence-electron chi connectivity index (χ2n) is 8.83. The van der Waals surface area contributed by atoms with Gasteiger partial charge in [-0.25, -0.2) is 4.79 Å². The number of aromatic carboxylic acids is 1. The second kappa shape index (κ2) is 8.97. The smallest absolute Gasteiger partial charge is 0.335 e. The van der Waals surface area contributed by atoms with E-state index in [2.05, 4.69) is 44.2 Å².